The van der Waals surface area contributed by atoms with Crippen molar-refractivity contribution in [2.45, 2.75) is 18.8 Å². The summed E-state index contributed by atoms with van der Waals surface area (Å²) in [7, 11) is 0. The number of carbonyl (C=O) groups excluding carboxylic acids is 2. The number of hydrogen-bond acceptors (Lipinski definition) is 5. The van der Waals surface area contributed by atoms with Crippen LogP contribution in [0.15, 0.2) is 96.0 Å². The van der Waals surface area contributed by atoms with Crippen LogP contribution in [0.3, 0.4) is 0 Å². The average molecular weight is 414 g/mol. The number of aliphatic imine (C=N–C) groups is 1. The lowest BCUT2D eigenvalue weighted by Crippen LogP contribution is -2.60. The van der Waals surface area contributed by atoms with E-state index in [-0.39, 0.29) is 12.3 Å². The van der Waals surface area contributed by atoms with E-state index in [4.69, 9.17) is 4.74 Å². The Morgan fingerprint density at radius 3 is 2.06 bits per heavy atom. The summed E-state index contributed by atoms with van der Waals surface area (Å²) in [5, 5.41) is 11.8. The molecule has 1 N–H and O–H groups in total. The minimum absolute atomic E-state index is 0.0482. The van der Waals surface area contributed by atoms with Crippen molar-refractivity contribution in [1.29, 1.82) is 0 Å². The topological polar surface area (TPSA) is 79.2 Å². The molecule has 3 aromatic rings. The second-order valence-corrected chi connectivity index (χ2v) is 7.06. The molecule has 0 bridgehead atoms. The van der Waals surface area contributed by atoms with Gasteiger partial charge in [-0.3, -0.25) is 14.7 Å². The summed E-state index contributed by atoms with van der Waals surface area (Å²) in [4.78, 5) is 32.5. The Kier molecular flexibility index (Phi) is 5.64. The van der Waals surface area contributed by atoms with E-state index in [0.29, 0.717) is 16.7 Å². The van der Waals surface area contributed by atoms with Crippen molar-refractivity contribution in [2.75, 3.05) is 6.61 Å². The van der Waals surface area contributed by atoms with Crippen molar-refractivity contribution in [3.63, 3.8) is 0 Å². The van der Waals surface area contributed by atoms with Crippen LogP contribution in [0, 0.1) is 0 Å². The molecule has 0 aliphatic carbocycles. The number of carbonyl (C=O) groups is 2. The molecule has 0 saturated heterocycles. The van der Waals surface area contributed by atoms with Gasteiger partial charge in [0.2, 0.25) is 0 Å². The van der Waals surface area contributed by atoms with Crippen molar-refractivity contribution in [3.05, 3.63) is 108 Å². The monoisotopic (exact) mass is 414 g/mol. The van der Waals surface area contributed by atoms with Gasteiger partial charge in [0, 0.05) is 11.1 Å². The second-order valence-electron chi connectivity index (χ2n) is 7.06. The van der Waals surface area contributed by atoms with Gasteiger partial charge in [0.1, 0.15) is 5.71 Å². The summed E-state index contributed by atoms with van der Waals surface area (Å²) < 4.78 is 5.22. The lowest BCUT2D eigenvalue weighted by atomic mass is 9.98. The molecule has 1 aliphatic heterocycles. The summed E-state index contributed by atoms with van der Waals surface area (Å²) in [6, 6.07) is 26.5. The number of esters is 1. The molecule has 6 heteroatoms. The molecule has 0 unspecified atom stereocenters. The minimum Gasteiger partial charge on any atom is -0.462 e. The van der Waals surface area contributed by atoms with Crippen LogP contribution in [0.4, 0.5) is 0 Å². The SMILES string of the molecule is CCOC(=O)[C@@]1(O)C(c2ccccc2)=N[C@H](c2ccccc2)N1C(=O)c1ccccc1. The number of amides is 1. The quantitative estimate of drug-likeness (QED) is 0.647. The van der Waals surface area contributed by atoms with E-state index in [0.717, 1.165) is 4.90 Å². The Morgan fingerprint density at radius 1 is 0.935 bits per heavy atom. The van der Waals surface area contributed by atoms with Gasteiger partial charge in [-0.1, -0.05) is 78.9 Å². The fraction of sp³-hybridized carbons (Fsp3) is 0.160. The van der Waals surface area contributed by atoms with Crippen LogP contribution >= 0.6 is 0 Å². The third-order valence-electron chi connectivity index (χ3n) is 5.12. The van der Waals surface area contributed by atoms with Gasteiger partial charge in [0.05, 0.1) is 6.61 Å². The van der Waals surface area contributed by atoms with E-state index in [1.807, 2.05) is 24.3 Å². The molecule has 1 aliphatic rings. The largest absolute Gasteiger partial charge is 0.462 e. The van der Waals surface area contributed by atoms with E-state index >= 15 is 0 Å². The first-order valence-corrected chi connectivity index (χ1v) is 10.0. The zero-order valence-corrected chi connectivity index (χ0v) is 17.0. The maximum Gasteiger partial charge on any atom is 0.366 e. The van der Waals surface area contributed by atoms with E-state index in [2.05, 4.69) is 4.99 Å². The first-order valence-electron chi connectivity index (χ1n) is 10.0. The second kappa shape index (κ2) is 8.53. The first kappa shape index (κ1) is 20.5. The smallest absolute Gasteiger partial charge is 0.366 e. The molecule has 1 amide bonds. The van der Waals surface area contributed by atoms with Crippen molar-refractivity contribution in [1.82, 2.24) is 4.90 Å². The van der Waals surface area contributed by atoms with E-state index in [9.17, 15) is 14.7 Å². The maximum absolute atomic E-state index is 13.6. The molecule has 156 valence electrons. The van der Waals surface area contributed by atoms with Gasteiger partial charge in [-0.2, -0.15) is 0 Å². The third kappa shape index (κ3) is 3.62. The Balaban J connectivity index is 1.93. The van der Waals surface area contributed by atoms with Crippen LogP contribution < -0.4 is 0 Å². The van der Waals surface area contributed by atoms with Crippen molar-refractivity contribution in [2.24, 2.45) is 4.99 Å². The highest BCUT2D eigenvalue weighted by Crippen LogP contribution is 2.40. The molecule has 0 spiro atoms. The van der Waals surface area contributed by atoms with Crippen LogP contribution in [0.25, 0.3) is 0 Å². The lowest BCUT2D eigenvalue weighted by Gasteiger charge is -2.35. The zero-order valence-electron chi connectivity index (χ0n) is 17.0. The molecule has 6 nitrogen and oxygen atoms in total. The first-order chi connectivity index (χ1) is 15.1. The molecule has 1 heterocycles. The average Bonchev–Trinajstić information content (AvgIpc) is 3.15. The number of benzene rings is 3. The lowest BCUT2D eigenvalue weighted by molar-refractivity contribution is -0.170. The Bertz CT molecular complexity index is 1100. The standard InChI is InChI=1S/C25H22N2O4/c1-2-31-24(29)25(30)21(18-12-6-3-7-13-18)26-22(19-14-8-4-9-15-19)27(25)23(28)20-16-10-5-11-17-20/h3-17,22,30H,2H2,1H3/t22-,25-/m0/s1. The van der Waals surface area contributed by atoms with Gasteiger partial charge < -0.3 is 9.84 Å². The van der Waals surface area contributed by atoms with Gasteiger partial charge in [-0.15, -0.1) is 0 Å². The highest BCUT2D eigenvalue weighted by atomic mass is 16.6. The van der Waals surface area contributed by atoms with E-state index in [1.165, 1.54) is 0 Å². The van der Waals surface area contributed by atoms with Crippen LogP contribution in [-0.4, -0.2) is 39.9 Å². The van der Waals surface area contributed by atoms with E-state index in [1.54, 1.807) is 73.7 Å². The van der Waals surface area contributed by atoms with Crippen molar-refractivity contribution >= 4 is 17.6 Å². The summed E-state index contributed by atoms with van der Waals surface area (Å²) in [5.41, 5.74) is -0.784. The fourth-order valence-electron chi connectivity index (χ4n) is 3.69. The van der Waals surface area contributed by atoms with Gasteiger partial charge >= 0.3 is 5.97 Å². The van der Waals surface area contributed by atoms with Crippen LogP contribution in [0.2, 0.25) is 0 Å². The van der Waals surface area contributed by atoms with Gasteiger partial charge in [0.25, 0.3) is 11.6 Å². The van der Waals surface area contributed by atoms with Crippen molar-refractivity contribution in [3.8, 4) is 0 Å². The predicted molar refractivity (Wildman–Crippen MR) is 116 cm³/mol. The van der Waals surface area contributed by atoms with Crippen LogP contribution in [0.5, 0.6) is 0 Å². The maximum atomic E-state index is 13.6. The Hall–Kier alpha value is -3.77. The molecule has 4 rings (SSSR count). The summed E-state index contributed by atoms with van der Waals surface area (Å²) in [6.07, 6.45) is -0.904. The summed E-state index contributed by atoms with van der Waals surface area (Å²) in [5.74, 6) is -1.47. The van der Waals surface area contributed by atoms with Crippen LogP contribution in [0.1, 0.15) is 34.6 Å². The highest BCUT2D eigenvalue weighted by Gasteiger charge is 2.58. The number of hydrogen-bond donors (Lipinski definition) is 1. The van der Waals surface area contributed by atoms with Gasteiger partial charge in [0.15, 0.2) is 6.17 Å². The Labute approximate surface area is 180 Å². The molecule has 2 atom stereocenters. The molecule has 0 saturated carbocycles. The molecule has 0 radical (unpaired) electrons. The fourth-order valence-corrected chi connectivity index (χ4v) is 3.69. The van der Waals surface area contributed by atoms with Gasteiger partial charge in [-0.05, 0) is 24.6 Å². The van der Waals surface area contributed by atoms with Crippen molar-refractivity contribution < 1.29 is 19.4 Å². The van der Waals surface area contributed by atoms with Gasteiger partial charge in [-0.25, -0.2) is 4.79 Å². The van der Waals surface area contributed by atoms with E-state index < -0.39 is 23.8 Å². The molecular formula is C25H22N2O4. The number of rotatable bonds is 5. The minimum atomic E-state index is -2.38. The molecule has 0 aromatic heterocycles. The number of ether oxygens (including phenoxy) is 1. The van der Waals surface area contributed by atoms with Crippen LogP contribution in [-0.2, 0) is 9.53 Å². The molecular weight excluding hydrogens is 392 g/mol. The normalized spacial score (nSPS) is 20.3. The number of nitrogens with zero attached hydrogens (tertiary/aromatic N) is 2. The molecule has 0 fully saturated rings. The zero-order chi connectivity index (χ0) is 21.8. The third-order valence-corrected chi connectivity index (χ3v) is 5.12. The Morgan fingerprint density at radius 2 is 1.48 bits per heavy atom. The molecule has 31 heavy (non-hydrogen) atoms. The predicted octanol–water partition coefficient (Wildman–Crippen LogP) is 3.58. The summed E-state index contributed by atoms with van der Waals surface area (Å²) >= 11 is 0. The number of aliphatic hydroxyl groups is 1. The summed E-state index contributed by atoms with van der Waals surface area (Å²) in [6.45, 7) is 1.69. The highest BCUT2D eigenvalue weighted by molar-refractivity contribution is 6.21. The molecule has 3 aromatic carbocycles.